The number of nitrogens with zero attached hydrogens (tertiary/aromatic N) is 1. The Kier molecular flexibility index (Phi) is 5.14. The average Bonchev–Trinajstić information content (AvgIpc) is 2.35. The van der Waals surface area contributed by atoms with Crippen molar-refractivity contribution < 1.29 is 8.42 Å². The van der Waals surface area contributed by atoms with Crippen LogP contribution >= 0.6 is 0 Å². The second kappa shape index (κ2) is 6.24. The van der Waals surface area contributed by atoms with Crippen LogP contribution in [-0.4, -0.2) is 25.8 Å². The highest BCUT2D eigenvalue weighted by Gasteiger charge is 2.27. The molecule has 5 heteroatoms. The Bertz CT molecular complexity index is 624. The van der Waals surface area contributed by atoms with E-state index >= 15 is 0 Å². The van der Waals surface area contributed by atoms with Crippen LogP contribution in [0.25, 0.3) is 0 Å². The molecule has 0 amide bonds. The molecule has 4 nitrogen and oxygen atoms in total. The lowest BCUT2D eigenvalue weighted by Crippen LogP contribution is -2.32. The Balaban J connectivity index is 3.52. The summed E-state index contributed by atoms with van der Waals surface area (Å²) in [5, 5.41) is 0. The highest BCUT2D eigenvalue weighted by molar-refractivity contribution is 7.89. The van der Waals surface area contributed by atoms with Crippen LogP contribution in [-0.2, 0) is 10.0 Å². The molecular weight excluding hydrogens is 272 g/mol. The molecule has 1 rings (SSSR count). The Morgan fingerprint density at radius 2 is 1.65 bits per heavy atom. The minimum atomic E-state index is -3.62. The Labute approximate surface area is 121 Å². The number of hydrogen-bond acceptors (Lipinski definition) is 3. The first-order chi connectivity index (χ1) is 9.27. The molecule has 0 aliphatic carbocycles. The zero-order valence-electron chi connectivity index (χ0n) is 12.3. The summed E-state index contributed by atoms with van der Waals surface area (Å²) in [4.78, 5) is 0.282. The number of hydrogen-bond donors (Lipinski definition) is 1. The molecule has 0 saturated carbocycles. The fraction of sp³-hybridized carbons (Fsp3) is 0.333. The Morgan fingerprint density at radius 1 is 1.15 bits per heavy atom. The van der Waals surface area contributed by atoms with Crippen molar-refractivity contribution in [3.8, 4) is 0 Å². The number of sulfonamides is 1. The van der Waals surface area contributed by atoms with E-state index in [0.29, 0.717) is 16.8 Å². The number of benzene rings is 1. The molecule has 0 aliphatic rings. The Hall–Kier alpha value is -1.59. The maximum atomic E-state index is 12.8. The van der Waals surface area contributed by atoms with E-state index in [9.17, 15) is 8.42 Å². The van der Waals surface area contributed by atoms with Gasteiger partial charge in [0, 0.05) is 18.8 Å². The van der Waals surface area contributed by atoms with E-state index in [4.69, 9.17) is 5.73 Å². The molecule has 0 aliphatic heterocycles. The second-order valence-electron chi connectivity index (χ2n) is 4.78. The molecule has 0 saturated heterocycles. The molecule has 0 heterocycles. The number of anilines is 1. The molecule has 2 N–H and O–H groups in total. The van der Waals surface area contributed by atoms with E-state index in [1.54, 1.807) is 32.1 Å². The van der Waals surface area contributed by atoms with Gasteiger partial charge in [-0.25, -0.2) is 8.42 Å². The van der Waals surface area contributed by atoms with Gasteiger partial charge in [0.25, 0.3) is 0 Å². The molecule has 0 fully saturated rings. The van der Waals surface area contributed by atoms with Gasteiger partial charge in [-0.2, -0.15) is 4.31 Å². The predicted molar refractivity (Wildman–Crippen MR) is 84.2 cm³/mol. The van der Waals surface area contributed by atoms with Gasteiger partial charge in [-0.15, -0.1) is 13.2 Å². The van der Waals surface area contributed by atoms with Gasteiger partial charge in [0.1, 0.15) is 0 Å². The molecule has 0 aromatic heterocycles. The fourth-order valence-electron chi connectivity index (χ4n) is 2.27. The molecule has 1 aromatic rings. The van der Waals surface area contributed by atoms with Crippen LogP contribution in [0.5, 0.6) is 0 Å². The summed E-state index contributed by atoms with van der Waals surface area (Å²) < 4.78 is 26.9. The summed E-state index contributed by atoms with van der Waals surface area (Å²) in [6.07, 6.45) is 3.12. The van der Waals surface area contributed by atoms with Crippen molar-refractivity contribution in [2.75, 3.05) is 18.8 Å². The Morgan fingerprint density at radius 3 is 2.10 bits per heavy atom. The molecule has 110 valence electrons. The summed E-state index contributed by atoms with van der Waals surface area (Å²) in [5.74, 6) is 0. The van der Waals surface area contributed by atoms with E-state index in [1.807, 2.05) is 6.92 Å². The highest BCUT2D eigenvalue weighted by Crippen LogP contribution is 2.30. The van der Waals surface area contributed by atoms with Gasteiger partial charge in [-0.1, -0.05) is 18.2 Å². The smallest absolute Gasteiger partial charge is 0.244 e. The van der Waals surface area contributed by atoms with Crippen molar-refractivity contribution in [3.05, 3.63) is 48.1 Å². The summed E-state index contributed by atoms with van der Waals surface area (Å²) in [7, 11) is -3.62. The summed E-state index contributed by atoms with van der Waals surface area (Å²) in [6.45, 7) is 13.1. The first-order valence-corrected chi connectivity index (χ1v) is 7.79. The maximum absolute atomic E-state index is 12.8. The van der Waals surface area contributed by atoms with Gasteiger partial charge in [0.15, 0.2) is 0 Å². The van der Waals surface area contributed by atoms with Crippen LogP contribution in [0.1, 0.15) is 16.7 Å². The lowest BCUT2D eigenvalue weighted by molar-refractivity contribution is 0.473. The molecule has 1 aromatic carbocycles. The molecule has 0 radical (unpaired) electrons. The van der Waals surface area contributed by atoms with E-state index in [-0.39, 0.29) is 18.0 Å². The monoisotopic (exact) mass is 294 g/mol. The first-order valence-electron chi connectivity index (χ1n) is 6.35. The van der Waals surface area contributed by atoms with Gasteiger partial charge in [0.05, 0.1) is 4.90 Å². The van der Waals surface area contributed by atoms with Gasteiger partial charge in [0.2, 0.25) is 10.0 Å². The largest absolute Gasteiger partial charge is 0.398 e. The third-order valence-corrected chi connectivity index (χ3v) is 5.35. The minimum absolute atomic E-state index is 0.237. The minimum Gasteiger partial charge on any atom is -0.398 e. The fourth-order valence-corrected chi connectivity index (χ4v) is 4.09. The lowest BCUT2D eigenvalue weighted by atomic mass is 10.1. The number of rotatable bonds is 6. The van der Waals surface area contributed by atoms with Crippen LogP contribution in [0.2, 0.25) is 0 Å². The standard InChI is InChI=1S/C15H22N2O2S/c1-6-8-17(9-7-2)20(18,19)15-12(4)10-11(3)14(16)13(15)5/h6-7,10H,1-2,8-9,16H2,3-5H3. The van der Waals surface area contributed by atoms with Gasteiger partial charge < -0.3 is 5.73 Å². The van der Waals surface area contributed by atoms with Gasteiger partial charge in [-0.05, 0) is 37.5 Å². The van der Waals surface area contributed by atoms with E-state index in [0.717, 1.165) is 5.56 Å². The van der Waals surface area contributed by atoms with Crippen LogP contribution in [0.3, 0.4) is 0 Å². The van der Waals surface area contributed by atoms with Crippen LogP contribution < -0.4 is 5.73 Å². The highest BCUT2D eigenvalue weighted by atomic mass is 32.2. The van der Waals surface area contributed by atoms with Crippen molar-refractivity contribution in [1.29, 1.82) is 0 Å². The SMILES string of the molecule is C=CCN(CC=C)S(=O)(=O)c1c(C)cc(C)c(N)c1C. The number of nitrogens with two attached hydrogens (primary N) is 1. The van der Waals surface area contributed by atoms with Crippen LogP contribution in [0, 0.1) is 20.8 Å². The van der Waals surface area contributed by atoms with Crippen LogP contribution in [0.15, 0.2) is 36.3 Å². The normalized spacial score (nSPS) is 11.6. The van der Waals surface area contributed by atoms with E-state index in [2.05, 4.69) is 13.2 Å². The molecule has 0 atom stereocenters. The third-order valence-electron chi connectivity index (χ3n) is 3.22. The molecular formula is C15H22N2O2S. The van der Waals surface area contributed by atoms with Crippen LogP contribution in [0.4, 0.5) is 5.69 Å². The van der Waals surface area contributed by atoms with Crippen molar-refractivity contribution in [2.45, 2.75) is 25.7 Å². The van der Waals surface area contributed by atoms with Gasteiger partial charge >= 0.3 is 0 Å². The quantitative estimate of drug-likeness (QED) is 0.648. The summed E-state index contributed by atoms with van der Waals surface area (Å²) >= 11 is 0. The maximum Gasteiger partial charge on any atom is 0.244 e. The first kappa shape index (κ1) is 16.5. The van der Waals surface area contributed by atoms with Crippen molar-refractivity contribution in [3.63, 3.8) is 0 Å². The lowest BCUT2D eigenvalue weighted by Gasteiger charge is -2.23. The van der Waals surface area contributed by atoms with Gasteiger partial charge in [-0.3, -0.25) is 0 Å². The number of aryl methyl sites for hydroxylation is 2. The van der Waals surface area contributed by atoms with Crippen molar-refractivity contribution >= 4 is 15.7 Å². The second-order valence-corrected chi connectivity index (χ2v) is 6.65. The molecule has 0 bridgehead atoms. The zero-order chi connectivity index (χ0) is 15.5. The average molecular weight is 294 g/mol. The predicted octanol–water partition coefficient (Wildman–Crippen LogP) is 2.56. The topological polar surface area (TPSA) is 63.4 Å². The van der Waals surface area contributed by atoms with E-state index < -0.39 is 10.0 Å². The third kappa shape index (κ3) is 2.94. The molecule has 20 heavy (non-hydrogen) atoms. The zero-order valence-corrected chi connectivity index (χ0v) is 13.1. The molecule has 0 unspecified atom stereocenters. The van der Waals surface area contributed by atoms with Crippen molar-refractivity contribution in [1.82, 2.24) is 4.31 Å². The molecule has 0 spiro atoms. The summed E-state index contributed by atoms with van der Waals surface area (Å²) in [6, 6.07) is 1.80. The number of nitrogen functional groups attached to an aromatic ring is 1. The van der Waals surface area contributed by atoms with Crippen molar-refractivity contribution in [2.24, 2.45) is 0 Å². The van der Waals surface area contributed by atoms with E-state index in [1.165, 1.54) is 4.31 Å². The summed E-state index contributed by atoms with van der Waals surface area (Å²) in [5.41, 5.74) is 8.68.